The van der Waals surface area contributed by atoms with E-state index < -0.39 is 0 Å². The van der Waals surface area contributed by atoms with Crippen LogP contribution in [0.1, 0.15) is 20.8 Å². The molecular weight excluding hydrogens is 242 g/mol. The Bertz CT molecular complexity index is 319. The smallest absolute Gasteiger partial charge is 0.229 e. The van der Waals surface area contributed by atoms with Gasteiger partial charge in [-0.2, -0.15) is 0 Å². The standard InChI is InChI=1S/C14H27N3O2/c1-14(2,3)17-7-5-16(6-8-17)13(18)11-9-19-10-12(11)15-4/h11-12,15H,5-10H2,1-4H3. The number of ether oxygens (including phenoxy) is 1. The zero-order valence-corrected chi connectivity index (χ0v) is 12.6. The number of piperazine rings is 1. The second-order valence-corrected chi connectivity index (χ2v) is 6.52. The lowest BCUT2D eigenvalue weighted by molar-refractivity contribution is -0.138. The molecule has 0 aromatic rings. The summed E-state index contributed by atoms with van der Waals surface area (Å²) >= 11 is 0. The Labute approximate surface area is 116 Å². The van der Waals surface area contributed by atoms with Gasteiger partial charge in [0.25, 0.3) is 0 Å². The van der Waals surface area contributed by atoms with Gasteiger partial charge in [0, 0.05) is 37.8 Å². The first-order chi connectivity index (χ1) is 8.93. The monoisotopic (exact) mass is 269 g/mol. The molecule has 2 rings (SSSR count). The molecule has 2 unspecified atom stereocenters. The number of hydrogen-bond donors (Lipinski definition) is 1. The fourth-order valence-corrected chi connectivity index (χ4v) is 2.91. The summed E-state index contributed by atoms with van der Waals surface area (Å²) in [7, 11) is 1.90. The van der Waals surface area contributed by atoms with Gasteiger partial charge in [-0.25, -0.2) is 0 Å². The second-order valence-electron chi connectivity index (χ2n) is 6.52. The highest BCUT2D eigenvalue weighted by atomic mass is 16.5. The molecule has 110 valence electrons. The molecule has 0 bridgehead atoms. The maximum atomic E-state index is 12.5. The molecule has 2 aliphatic heterocycles. The van der Waals surface area contributed by atoms with Crippen molar-refractivity contribution in [1.29, 1.82) is 0 Å². The summed E-state index contributed by atoms with van der Waals surface area (Å²) in [6.45, 7) is 11.5. The molecule has 2 aliphatic rings. The summed E-state index contributed by atoms with van der Waals surface area (Å²) in [6, 6.07) is 0.174. The molecular formula is C14H27N3O2. The van der Waals surface area contributed by atoms with Crippen molar-refractivity contribution in [1.82, 2.24) is 15.1 Å². The van der Waals surface area contributed by atoms with Crippen molar-refractivity contribution in [2.45, 2.75) is 32.4 Å². The molecule has 2 fully saturated rings. The third-order valence-corrected chi connectivity index (χ3v) is 4.31. The van der Waals surface area contributed by atoms with E-state index in [1.165, 1.54) is 0 Å². The van der Waals surface area contributed by atoms with Crippen molar-refractivity contribution >= 4 is 5.91 Å². The first-order valence-electron chi connectivity index (χ1n) is 7.22. The average Bonchev–Trinajstić information content (AvgIpc) is 2.85. The minimum absolute atomic E-state index is 0.00816. The van der Waals surface area contributed by atoms with Crippen molar-refractivity contribution in [3.05, 3.63) is 0 Å². The van der Waals surface area contributed by atoms with Gasteiger partial charge in [-0.1, -0.05) is 0 Å². The largest absolute Gasteiger partial charge is 0.379 e. The maximum absolute atomic E-state index is 12.5. The van der Waals surface area contributed by atoms with Crippen molar-refractivity contribution in [3.8, 4) is 0 Å². The minimum Gasteiger partial charge on any atom is -0.379 e. The van der Waals surface area contributed by atoms with E-state index in [2.05, 4.69) is 31.0 Å². The fraction of sp³-hybridized carbons (Fsp3) is 0.929. The van der Waals surface area contributed by atoms with Gasteiger partial charge < -0.3 is 15.0 Å². The van der Waals surface area contributed by atoms with E-state index >= 15 is 0 Å². The number of amides is 1. The number of nitrogens with zero attached hydrogens (tertiary/aromatic N) is 2. The van der Waals surface area contributed by atoms with Crippen LogP contribution in [0, 0.1) is 5.92 Å². The summed E-state index contributed by atoms with van der Waals surface area (Å²) in [5.74, 6) is 0.247. The summed E-state index contributed by atoms with van der Waals surface area (Å²) in [5, 5.41) is 3.18. The molecule has 0 spiro atoms. The van der Waals surface area contributed by atoms with Crippen molar-refractivity contribution in [2.24, 2.45) is 5.92 Å². The molecule has 2 saturated heterocycles. The van der Waals surface area contributed by atoms with Crippen LogP contribution < -0.4 is 5.32 Å². The number of carbonyl (C=O) groups excluding carboxylic acids is 1. The molecule has 0 saturated carbocycles. The molecule has 1 N–H and O–H groups in total. The molecule has 0 aromatic heterocycles. The van der Waals surface area contributed by atoms with Crippen molar-refractivity contribution in [3.63, 3.8) is 0 Å². The Morgan fingerprint density at radius 2 is 1.79 bits per heavy atom. The number of carbonyl (C=O) groups is 1. The van der Waals surface area contributed by atoms with Gasteiger partial charge in [0.15, 0.2) is 0 Å². The third-order valence-electron chi connectivity index (χ3n) is 4.31. The highest BCUT2D eigenvalue weighted by Crippen LogP contribution is 2.20. The van der Waals surface area contributed by atoms with Crippen LogP contribution in [0.3, 0.4) is 0 Å². The Balaban J connectivity index is 1.89. The molecule has 19 heavy (non-hydrogen) atoms. The topological polar surface area (TPSA) is 44.8 Å². The normalized spacial score (nSPS) is 29.8. The molecule has 0 aromatic carbocycles. The van der Waals surface area contributed by atoms with Gasteiger partial charge in [0.1, 0.15) is 0 Å². The molecule has 5 nitrogen and oxygen atoms in total. The Kier molecular flexibility index (Phi) is 4.48. The molecule has 0 radical (unpaired) electrons. The van der Waals surface area contributed by atoms with E-state index in [0.29, 0.717) is 13.2 Å². The van der Waals surface area contributed by atoms with Gasteiger partial charge >= 0.3 is 0 Å². The SMILES string of the molecule is CNC1COCC1C(=O)N1CCN(C(C)(C)C)CC1. The van der Waals surface area contributed by atoms with Gasteiger partial charge in [-0.05, 0) is 27.8 Å². The fourth-order valence-electron chi connectivity index (χ4n) is 2.91. The van der Waals surface area contributed by atoms with Crippen LogP contribution in [0.2, 0.25) is 0 Å². The molecule has 2 atom stereocenters. The molecule has 0 aliphatic carbocycles. The predicted molar refractivity (Wildman–Crippen MR) is 75.1 cm³/mol. The maximum Gasteiger partial charge on any atom is 0.229 e. The number of nitrogens with one attached hydrogen (secondary N) is 1. The van der Waals surface area contributed by atoms with Crippen LogP contribution in [-0.2, 0) is 9.53 Å². The van der Waals surface area contributed by atoms with Gasteiger partial charge in [-0.3, -0.25) is 9.69 Å². The van der Waals surface area contributed by atoms with Crippen molar-refractivity contribution < 1.29 is 9.53 Å². The lowest BCUT2D eigenvalue weighted by Gasteiger charge is -2.43. The molecule has 2 heterocycles. The van der Waals surface area contributed by atoms with Crippen LogP contribution >= 0.6 is 0 Å². The average molecular weight is 269 g/mol. The van der Waals surface area contributed by atoms with E-state index in [9.17, 15) is 4.79 Å². The van der Waals surface area contributed by atoms with E-state index in [4.69, 9.17) is 4.74 Å². The minimum atomic E-state index is -0.00816. The zero-order valence-electron chi connectivity index (χ0n) is 12.6. The first-order valence-corrected chi connectivity index (χ1v) is 7.22. The predicted octanol–water partition coefficient (Wildman–Crippen LogP) is 0.164. The van der Waals surface area contributed by atoms with E-state index in [1.807, 2.05) is 11.9 Å². The Morgan fingerprint density at radius 1 is 1.16 bits per heavy atom. The van der Waals surface area contributed by atoms with Crippen LogP contribution in [0.15, 0.2) is 0 Å². The van der Waals surface area contributed by atoms with Crippen LogP contribution in [-0.4, -0.2) is 73.7 Å². The lowest BCUT2D eigenvalue weighted by Crippen LogP contribution is -2.56. The van der Waals surface area contributed by atoms with E-state index in [0.717, 1.165) is 26.2 Å². The quantitative estimate of drug-likeness (QED) is 0.776. The molecule has 1 amide bonds. The van der Waals surface area contributed by atoms with Gasteiger partial charge in [0.05, 0.1) is 19.1 Å². The summed E-state index contributed by atoms with van der Waals surface area (Å²) in [5.41, 5.74) is 0.194. The van der Waals surface area contributed by atoms with Gasteiger partial charge in [-0.15, -0.1) is 0 Å². The summed E-state index contributed by atoms with van der Waals surface area (Å²) in [6.07, 6.45) is 0. The van der Waals surface area contributed by atoms with Crippen LogP contribution in [0.5, 0.6) is 0 Å². The number of likely N-dealkylation sites (N-methyl/N-ethyl adjacent to an activating group) is 1. The zero-order chi connectivity index (χ0) is 14.0. The van der Waals surface area contributed by atoms with E-state index in [-0.39, 0.29) is 23.4 Å². The van der Waals surface area contributed by atoms with E-state index in [1.54, 1.807) is 0 Å². The summed E-state index contributed by atoms with van der Waals surface area (Å²) in [4.78, 5) is 17.0. The lowest BCUT2D eigenvalue weighted by atomic mass is 10.0. The number of rotatable bonds is 2. The Morgan fingerprint density at radius 3 is 2.32 bits per heavy atom. The van der Waals surface area contributed by atoms with Crippen LogP contribution in [0.4, 0.5) is 0 Å². The first kappa shape index (κ1) is 14.8. The molecule has 5 heteroatoms. The highest BCUT2D eigenvalue weighted by molar-refractivity contribution is 5.80. The Hall–Kier alpha value is -0.650. The highest BCUT2D eigenvalue weighted by Gasteiger charge is 2.37. The van der Waals surface area contributed by atoms with Crippen molar-refractivity contribution in [2.75, 3.05) is 46.4 Å². The van der Waals surface area contributed by atoms with Gasteiger partial charge in [0.2, 0.25) is 5.91 Å². The third kappa shape index (κ3) is 3.27. The second kappa shape index (κ2) is 5.77. The van der Waals surface area contributed by atoms with Crippen LogP contribution in [0.25, 0.3) is 0 Å². The number of hydrogen-bond acceptors (Lipinski definition) is 4. The summed E-state index contributed by atoms with van der Waals surface area (Å²) < 4.78 is 5.43.